The minimum absolute atomic E-state index is 0.00827. The van der Waals surface area contributed by atoms with Crippen LogP contribution in [-0.2, 0) is 19.9 Å². The lowest BCUT2D eigenvalue weighted by Crippen LogP contribution is -2.43. The molecule has 1 aromatic rings. The van der Waals surface area contributed by atoms with Gasteiger partial charge in [0.15, 0.2) is 9.84 Å². The molecule has 0 aliphatic carbocycles. The first-order chi connectivity index (χ1) is 9.20. The average molecular weight is 318 g/mol. The highest BCUT2D eigenvalue weighted by atomic mass is 32.2. The molecule has 1 heterocycles. The molecule has 0 bridgehead atoms. The van der Waals surface area contributed by atoms with E-state index >= 15 is 0 Å². The van der Waals surface area contributed by atoms with Crippen molar-refractivity contribution in [1.82, 2.24) is 4.72 Å². The first-order valence-electron chi connectivity index (χ1n) is 6.28. The van der Waals surface area contributed by atoms with E-state index in [9.17, 15) is 16.8 Å². The number of hydrogen-bond donors (Lipinski definition) is 2. The van der Waals surface area contributed by atoms with Crippen LogP contribution in [0.15, 0.2) is 23.1 Å². The van der Waals surface area contributed by atoms with Crippen molar-refractivity contribution in [3.8, 4) is 0 Å². The zero-order valence-electron chi connectivity index (χ0n) is 11.2. The first kappa shape index (κ1) is 15.3. The van der Waals surface area contributed by atoms with Crippen molar-refractivity contribution in [3.63, 3.8) is 0 Å². The lowest BCUT2D eigenvalue weighted by atomic mass is 10.2. The van der Waals surface area contributed by atoms with Gasteiger partial charge in [0.2, 0.25) is 10.0 Å². The van der Waals surface area contributed by atoms with Crippen LogP contribution in [0.2, 0.25) is 0 Å². The van der Waals surface area contributed by atoms with Gasteiger partial charge in [-0.1, -0.05) is 6.07 Å². The fourth-order valence-electron chi connectivity index (χ4n) is 2.31. The average Bonchev–Trinajstić information content (AvgIpc) is 2.25. The molecule has 1 unspecified atom stereocenters. The summed E-state index contributed by atoms with van der Waals surface area (Å²) in [6.07, 6.45) is 0.989. The Bertz CT molecular complexity index is 711. The minimum Gasteiger partial charge on any atom is -0.398 e. The Morgan fingerprint density at radius 3 is 2.65 bits per heavy atom. The van der Waals surface area contributed by atoms with Crippen LogP contribution in [0.1, 0.15) is 18.4 Å². The Morgan fingerprint density at radius 1 is 1.35 bits per heavy atom. The Morgan fingerprint density at radius 2 is 2.05 bits per heavy atom. The van der Waals surface area contributed by atoms with E-state index in [1.54, 1.807) is 12.1 Å². The third-order valence-corrected chi connectivity index (χ3v) is 6.66. The van der Waals surface area contributed by atoms with Crippen LogP contribution in [0, 0.1) is 6.92 Å². The molecule has 6 nitrogen and oxygen atoms in total. The minimum atomic E-state index is -3.80. The van der Waals surface area contributed by atoms with Crippen LogP contribution in [0.25, 0.3) is 0 Å². The molecule has 0 radical (unpaired) electrons. The molecule has 1 saturated heterocycles. The van der Waals surface area contributed by atoms with Crippen molar-refractivity contribution in [1.29, 1.82) is 0 Å². The van der Waals surface area contributed by atoms with Gasteiger partial charge in [0.25, 0.3) is 0 Å². The van der Waals surface area contributed by atoms with Gasteiger partial charge in [-0.25, -0.2) is 21.6 Å². The summed E-state index contributed by atoms with van der Waals surface area (Å²) >= 11 is 0. The first-order valence-corrected chi connectivity index (χ1v) is 9.59. The number of sulfone groups is 1. The highest BCUT2D eigenvalue weighted by Gasteiger charge is 2.29. The van der Waals surface area contributed by atoms with E-state index in [4.69, 9.17) is 5.73 Å². The van der Waals surface area contributed by atoms with Crippen LogP contribution < -0.4 is 10.5 Å². The van der Waals surface area contributed by atoms with Gasteiger partial charge in [-0.05, 0) is 37.5 Å². The highest BCUT2D eigenvalue weighted by molar-refractivity contribution is 7.91. The lowest BCUT2D eigenvalue weighted by molar-refractivity contribution is 0.517. The number of benzene rings is 1. The maximum absolute atomic E-state index is 12.3. The highest BCUT2D eigenvalue weighted by Crippen LogP contribution is 2.21. The third kappa shape index (κ3) is 3.50. The normalized spacial score (nSPS) is 22.6. The number of nitrogen functional groups attached to an aromatic ring is 1. The Labute approximate surface area is 119 Å². The third-order valence-electron chi connectivity index (χ3n) is 3.24. The summed E-state index contributed by atoms with van der Waals surface area (Å²) in [7, 11) is -6.96. The van der Waals surface area contributed by atoms with Crippen LogP contribution in [-0.4, -0.2) is 34.4 Å². The Kier molecular flexibility index (Phi) is 4.08. The predicted octanol–water partition coefficient (Wildman–Crippen LogP) is 0.433. The van der Waals surface area contributed by atoms with E-state index < -0.39 is 25.9 Å². The van der Waals surface area contributed by atoms with Crippen molar-refractivity contribution < 1.29 is 16.8 Å². The Hall–Kier alpha value is -1.12. The van der Waals surface area contributed by atoms with Crippen LogP contribution in [0.4, 0.5) is 5.69 Å². The molecule has 1 fully saturated rings. The van der Waals surface area contributed by atoms with Crippen LogP contribution in [0.3, 0.4) is 0 Å². The molecule has 8 heteroatoms. The number of nitrogens with two attached hydrogens (primary N) is 1. The van der Waals surface area contributed by atoms with E-state index in [1.165, 1.54) is 6.07 Å². The molecule has 1 aromatic carbocycles. The Balaban J connectivity index is 2.23. The standard InChI is InChI=1S/C12H18N2O4S2/c1-9-4-5-12(11(13)7-9)20(17,18)14-10-3-2-6-19(15,16)8-10/h4-5,7,10,14H,2-3,6,8,13H2,1H3. The molecule has 2 rings (SSSR count). The molecular weight excluding hydrogens is 300 g/mol. The quantitative estimate of drug-likeness (QED) is 0.786. The number of aryl methyl sites for hydroxylation is 1. The van der Waals surface area contributed by atoms with E-state index in [1.807, 2.05) is 6.92 Å². The summed E-state index contributed by atoms with van der Waals surface area (Å²) in [6, 6.07) is 4.08. The molecular formula is C12H18N2O4S2. The predicted molar refractivity (Wildman–Crippen MR) is 77.6 cm³/mol. The summed E-state index contributed by atoms with van der Waals surface area (Å²) in [5.41, 5.74) is 6.75. The molecule has 0 amide bonds. The summed E-state index contributed by atoms with van der Waals surface area (Å²) in [5, 5.41) is 0. The summed E-state index contributed by atoms with van der Waals surface area (Å²) < 4.78 is 50.0. The van der Waals surface area contributed by atoms with Crippen molar-refractivity contribution in [2.45, 2.75) is 30.7 Å². The molecule has 3 N–H and O–H groups in total. The zero-order chi connectivity index (χ0) is 15.0. The van der Waals surface area contributed by atoms with Gasteiger partial charge in [-0.3, -0.25) is 0 Å². The fourth-order valence-corrected chi connectivity index (χ4v) is 5.44. The van der Waals surface area contributed by atoms with Gasteiger partial charge in [0.1, 0.15) is 4.90 Å². The molecule has 1 aliphatic heterocycles. The zero-order valence-corrected chi connectivity index (χ0v) is 12.8. The molecule has 112 valence electrons. The van der Waals surface area contributed by atoms with E-state index in [0.29, 0.717) is 12.8 Å². The molecule has 0 spiro atoms. The van der Waals surface area contributed by atoms with Gasteiger partial charge in [0.05, 0.1) is 17.2 Å². The molecule has 1 aliphatic rings. The molecule has 0 saturated carbocycles. The topological polar surface area (TPSA) is 106 Å². The van der Waals surface area contributed by atoms with Gasteiger partial charge >= 0.3 is 0 Å². The summed E-state index contributed by atoms with van der Waals surface area (Å²) in [6.45, 7) is 1.81. The van der Waals surface area contributed by atoms with Crippen LogP contribution in [0.5, 0.6) is 0 Å². The second-order valence-corrected chi connectivity index (χ2v) is 9.03. The number of sulfonamides is 1. The lowest BCUT2D eigenvalue weighted by Gasteiger charge is -2.23. The van der Waals surface area contributed by atoms with Gasteiger partial charge in [0, 0.05) is 6.04 Å². The van der Waals surface area contributed by atoms with Crippen molar-refractivity contribution in [3.05, 3.63) is 23.8 Å². The number of hydrogen-bond acceptors (Lipinski definition) is 5. The second-order valence-electron chi connectivity index (χ2n) is 5.12. The monoisotopic (exact) mass is 318 g/mol. The second kappa shape index (κ2) is 5.34. The van der Waals surface area contributed by atoms with Gasteiger partial charge in [-0.15, -0.1) is 0 Å². The van der Waals surface area contributed by atoms with Gasteiger partial charge in [-0.2, -0.15) is 0 Å². The number of nitrogens with one attached hydrogen (secondary N) is 1. The molecule has 20 heavy (non-hydrogen) atoms. The van der Waals surface area contributed by atoms with Gasteiger partial charge < -0.3 is 5.73 Å². The van der Waals surface area contributed by atoms with E-state index in [2.05, 4.69) is 4.72 Å². The van der Waals surface area contributed by atoms with E-state index in [0.717, 1.165) is 5.56 Å². The maximum atomic E-state index is 12.3. The summed E-state index contributed by atoms with van der Waals surface area (Å²) in [4.78, 5) is -0.00827. The summed E-state index contributed by atoms with van der Waals surface area (Å²) in [5.74, 6) is -0.0319. The number of anilines is 1. The molecule has 0 aromatic heterocycles. The van der Waals surface area contributed by atoms with Crippen molar-refractivity contribution >= 4 is 25.5 Å². The SMILES string of the molecule is Cc1ccc(S(=O)(=O)NC2CCCS(=O)(=O)C2)c(N)c1. The smallest absolute Gasteiger partial charge is 0.242 e. The van der Waals surface area contributed by atoms with Crippen molar-refractivity contribution in [2.75, 3.05) is 17.2 Å². The fraction of sp³-hybridized carbons (Fsp3) is 0.500. The van der Waals surface area contributed by atoms with Crippen molar-refractivity contribution in [2.24, 2.45) is 0 Å². The maximum Gasteiger partial charge on any atom is 0.242 e. The molecule has 1 atom stereocenters. The largest absolute Gasteiger partial charge is 0.398 e. The van der Waals surface area contributed by atoms with Crippen LogP contribution >= 0.6 is 0 Å². The number of rotatable bonds is 3. The van der Waals surface area contributed by atoms with E-state index in [-0.39, 0.29) is 22.1 Å².